The average Bonchev–Trinajstić information content (AvgIpc) is 3.49. The van der Waals surface area contributed by atoms with Crippen LogP contribution in [0.5, 0.6) is 0 Å². The quantitative estimate of drug-likeness (QED) is 0.384. The van der Waals surface area contributed by atoms with Crippen molar-refractivity contribution in [2.45, 2.75) is 50.9 Å². The van der Waals surface area contributed by atoms with Crippen molar-refractivity contribution in [1.29, 1.82) is 0 Å². The molecule has 0 radical (unpaired) electrons. The van der Waals surface area contributed by atoms with Gasteiger partial charge in [-0.25, -0.2) is 0 Å². The number of nitrogens with two attached hydrogens (primary N) is 1. The van der Waals surface area contributed by atoms with Crippen LogP contribution in [0.25, 0.3) is 10.4 Å². The molecule has 2 N–H and O–H groups in total. The van der Waals surface area contributed by atoms with Crippen LogP contribution in [0.3, 0.4) is 0 Å². The van der Waals surface area contributed by atoms with Crippen molar-refractivity contribution < 1.29 is 19.1 Å². The van der Waals surface area contributed by atoms with Crippen molar-refractivity contribution in [3.8, 4) is 10.4 Å². The SMILES string of the molecule is NC(=O)CCC/C=C\C[C@H]1[C@@H](OCc2ccc(-c3cccs3)cc2)CC(=O)[C@@H]1N1CCOCC1. The number of amides is 1. The molecule has 1 aromatic heterocycles. The summed E-state index contributed by atoms with van der Waals surface area (Å²) in [5, 5.41) is 2.08. The standard InChI is InChI=1S/C27H34N2O4S/c28-26(31)8-4-2-1-3-6-22-24(18-23(30)27(22)29-13-15-32-16-14-29)33-19-20-9-11-21(12-10-20)25-7-5-17-34-25/h1,3,5,7,9-12,17,22,24,27H,2,4,6,8,13-16,18-19H2,(H2,28,31)/b3-1-/t22-,24-,27+/m0/s1. The Balaban J connectivity index is 1.38. The van der Waals surface area contributed by atoms with E-state index in [1.165, 1.54) is 10.4 Å². The molecule has 2 heterocycles. The number of hydrogen-bond acceptors (Lipinski definition) is 6. The van der Waals surface area contributed by atoms with Gasteiger partial charge in [0.25, 0.3) is 0 Å². The normalized spacial score (nSPS) is 23.6. The number of primary amides is 1. The Kier molecular flexibility index (Phi) is 9.04. The second-order valence-electron chi connectivity index (χ2n) is 9.02. The summed E-state index contributed by atoms with van der Waals surface area (Å²) < 4.78 is 11.9. The number of nitrogens with zero attached hydrogens (tertiary/aromatic N) is 1. The van der Waals surface area contributed by atoms with Crippen LogP contribution in [0.15, 0.2) is 53.9 Å². The number of Topliss-reactive ketones (excluding diaryl/α,β-unsaturated/α-hetero) is 1. The molecule has 182 valence electrons. The Hall–Kier alpha value is -2.32. The topological polar surface area (TPSA) is 81.9 Å². The molecule has 7 heteroatoms. The Morgan fingerprint density at radius 2 is 1.97 bits per heavy atom. The smallest absolute Gasteiger partial charge is 0.217 e. The zero-order valence-corrected chi connectivity index (χ0v) is 20.4. The fourth-order valence-corrected chi connectivity index (χ4v) is 5.62. The van der Waals surface area contributed by atoms with Crippen LogP contribution >= 0.6 is 11.3 Å². The number of allylic oxidation sites excluding steroid dienone is 2. The number of ketones is 1. The largest absolute Gasteiger partial charge is 0.379 e. The van der Waals surface area contributed by atoms with E-state index < -0.39 is 0 Å². The lowest BCUT2D eigenvalue weighted by molar-refractivity contribution is -0.124. The van der Waals surface area contributed by atoms with Gasteiger partial charge < -0.3 is 15.2 Å². The second-order valence-corrected chi connectivity index (χ2v) is 9.96. The summed E-state index contributed by atoms with van der Waals surface area (Å²) in [6.07, 6.45) is 7.35. The van der Waals surface area contributed by atoms with Gasteiger partial charge in [-0.15, -0.1) is 11.3 Å². The lowest BCUT2D eigenvalue weighted by Gasteiger charge is -2.35. The fourth-order valence-electron chi connectivity index (χ4n) is 4.88. The highest BCUT2D eigenvalue weighted by atomic mass is 32.1. The maximum Gasteiger partial charge on any atom is 0.217 e. The molecule has 4 rings (SSSR count). The Bertz CT molecular complexity index is 952. The first-order valence-electron chi connectivity index (χ1n) is 12.1. The Morgan fingerprint density at radius 1 is 1.18 bits per heavy atom. The molecule has 2 aromatic rings. The van der Waals surface area contributed by atoms with Gasteiger partial charge in [-0.05, 0) is 41.8 Å². The predicted octanol–water partition coefficient (Wildman–Crippen LogP) is 4.19. The highest BCUT2D eigenvalue weighted by Gasteiger charge is 2.45. The number of rotatable bonds is 11. The van der Waals surface area contributed by atoms with Gasteiger partial charge in [0.2, 0.25) is 5.91 Å². The summed E-state index contributed by atoms with van der Waals surface area (Å²) in [5.41, 5.74) is 7.55. The number of ether oxygens (including phenoxy) is 2. The zero-order valence-electron chi connectivity index (χ0n) is 19.6. The van der Waals surface area contributed by atoms with Crippen LogP contribution in [0.4, 0.5) is 0 Å². The first-order valence-corrected chi connectivity index (χ1v) is 13.0. The van der Waals surface area contributed by atoms with Gasteiger partial charge in [-0.2, -0.15) is 0 Å². The fraction of sp³-hybridized carbons (Fsp3) is 0.481. The van der Waals surface area contributed by atoms with E-state index >= 15 is 0 Å². The minimum absolute atomic E-state index is 0.104. The molecule has 3 atom stereocenters. The third kappa shape index (κ3) is 6.63. The first-order chi connectivity index (χ1) is 16.6. The van der Waals surface area contributed by atoms with E-state index in [1.54, 1.807) is 11.3 Å². The van der Waals surface area contributed by atoms with Crippen molar-refractivity contribution >= 4 is 23.0 Å². The summed E-state index contributed by atoms with van der Waals surface area (Å²) in [6.45, 7) is 3.40. The molecular weight excluding hydrogens is 448 g/mol. The van der Waals surface area contributed by atoms with Gasteiger partial charge in [0.15, 0.2) is 5.78 Å². The monoisotopic (exact) mass is 482 g/mol. The Labute approximate surface area is 205 Å². The first kappa shape index (κ1) is 24.8. The summed E-state index contributed by atoms with van der Waals surface area (Å²) in [7, 11) is 0. The van der Waals surface area contributed by atoms with Gasteiger partial charge in [-0.3, -0.25) is 14.5 Å². The second kappa shape index (κ2) is 12.4. The Morgan fingerprint density at radius 3 is 2.68 bits per heavy atom. The van der Waals surface area contributed by atoms with Gasteiger partial charge in [0, 0.05) is 36.7 Å². The predicted molar refractivity (Wildman–Crippen MR) is 134 cm³/mol. The maximum absolute atomic E-state index is 13.1. The van der Waals surface area contributed by atoms with Crippen LogP contribution in [-0.4, -0.2) is 55.0 Å². The molecule has 1 saturated heterocycles. The molecule has 1 amide bonds. The summed E-state index contributed by atoms with van der Waals surface area (Å²) in [5.74, 6) is 0.120. The van der Waals surface area contributed by atoms with E-state index in [0.717, 1.165) is 37.9 Å². The van der Waals surface area contributed by atoms with Crippen molar-refractivity contribution in [1.82, 2.24) is 4.90 Å². The summed E-state index contributed by atoms with van der Waals surface area (Å²) in [4.78, 5) is 27.5. The van der Waals surface area contributed by atoms with E-state index in [0.29, 0.717) is 32.7 Å². The van der Waals surface area contributed by atoms with Crippen molar-refractivity contribution in [2.24, 2.45) is 11.7 Å². The zero-order chi connectivity index (χ0) is 23.8. The number of carbonyl (C=O) groups is 2. The minimum atomic E-state index is -0.265. The number of benzene rings is 1. The molecule has 2 aliphatic rings. The van der Waals surface area contributed by atoms with Crippen LogP contribution in [0.1, 0.15) is 37.7 Å². The number of unbranched alkanes of at least 4 members (excludes halogenated alkanes) is 1. The molecule has 0 spiro atoms. The van der Waals surface area contributed by atoms with Crippen LogP contribution < -0.4 is 5.73 Å². The van der Waals surface area contributed by atoms with E-state index in [1.807, 2.05) is 0 Å². The van der Waals surface area contributed by atoms with Gasteiger partial charge in [0.05, 0.1) is 32.0 Å². The van der Waals surface area contributed by atoms with Crippen LogP contribution in [0.2, 0.25) is 0 Å². The van der Waals surface area contributed by atoms with Gasteiger partial charge in [0.1, 0.15) is 0 Å². The van der Waals surface area contributed by atoms with E-state index in [2.05, 4.69) is 58.8 Å². The number of morpholine rings is 1. The van der Waals surface area contributed by atoms with Crippen molar-refractivity contribution in [3.05, 3.63) is 59.5 Å². The third-order valence-electron chi connectivity index (χ3n) is 6.65. The number of hydrogen-bond donors (Lipinski definition) is 1. The molecule has 6 nitrogen and oxygen atoms in total. The van der Waals surface area contributed by atoms with Gasteiger partial charge in [-0.1, -0.05) is 42.5 Å². The molecule has 1 aliphatic carbocycles. The summed E-state index contributed by atoms with van der Waals surface area (Å²) >= 11 is 1.73. The van der Waals surface area contributed by atoms with Crippen LogP contribution in [0, 0.1) is 5.92 Å². The average molecular weight is 483 g/mol. The molecule has 0 bridgehead atoms. The lowest BCUT2D eigenvalue weighted by Crippen LogP contribution is -2.49. The molecule has 0 unspecified atom stereocenters. The van der Waals surface area contributed by atoms with Crippen molar-refractivity contribution in [2.75, 3.05) is 26.3 Å². The molecule has 2 fully saturated rings. The molecular formula is C27H34N2O4S. The minimum Gasteiger partial charge on any atom is -0.379 e. The third-order valence-corrected chi connectivity index (χ3v) is 7.57. The number of thiophene rings is 1. The van der Waals surface area contributed by atoms with E-state index in [4.69, 9.17) is 15.2 Å². The number of carbonyl (C=O) groups excluding carboxylic acids is 2. The molecule has 1 aliphatic heterocycles. The van der Waals surface area contributed by atoms with E-state index in [9.17, 15) is 9.59 Å². The highest BCUT2D eigenvalue weighted by molar-refractivity contribution is 7.13. The van der Waals surface area contributed by atoms with Crippen molar-refractivity contribution in [3.63, 3.8) is 0 Å². The summed E-state index contributed by atoms with van der Waals surface area (Å²) in [6, 6.07) is 12.5. The molecule has 1 aromatic carbocycles. The van der Waals surface area contributed by atoms with Crippen LogP contribution in [-0.2, 0) is 25.7 Å². The highest BCUT2D eigenvalue weighted by Crippen LogP contribution is 2.34. The van der Waals surface area contributed by atoms with Gasteiger partial charge >= 0.3 is 0 Å². The maximum atomic E-state index is 13.1. The van der Waals surface area contributed by atoms with E-state index in [-0.39, 0.29) is 29.8 Å². The lowest BCUT2D eigenvalue weighted by atomic mass is 9.95. The molecule has 34 heavy (non-hydrogen) atoms. The molecule has 1 saturated carbocycles.